The van der Waals surface area contributed by atoms with Gasteiger partial charge in [0.1, 0.15) is 0 Å². The lowest BCUT2D eigenvalue weighted by atomic mass is 9.90. The Labute approximate surface area is 159 Å². The van der Waals surface area contributed by atoms with Gasteiger partial charge in [-0.25, -0.2) is 0 Å². The zero-order chi connectivity index (χ0) is 17.9. The molecule has 1 saturated heterocycles. The molecular formula is C20H23Cl2NO2. The van der Waals surface area contributed by atoms with Gasteiger partial charge in [0.15, 0.2) is 0 Å². The Kier molecular flexibility index (Phi) is 6.03. The van der Waals surface area contributed by atoms with Crippen LogP contribution in [0.5, 0.6) is 0 Å². The number of aliphatic hydroxyl groups is 1. The van der Waals surface area contributed by atoms with E-state index < -0.39 is 5.60 Å². The van der Waals surface area contributed by atoms with Gasteiger partial charge < -0.3 is 9.84 Å². The molecule has 1 N–H and O–H groups in total. The summed E-state index contributed by atoms with van der Waals surface area (Å²) in [6.45, 7) is 6.16. The van der Waals surface area contributed by atoms with Gasteiger partial charge in [0.05, 0.1) is 18.8 Å². The molecule has 1 unspecified atom stereocenters. The fourth-order valence-electron chi connectivity index (χ4n) is 3.08. The van der Waals surface area contributed by atoms with Gasteiger partial charge in [0, 0.05) is 35.2 Å². The Hall–Kier alpha value is -1.10. The van der Waals surface area contributed by atoms with Crippen molar-refractivity contribution >= 4 is 23.2 Å². The third kappa shape index (κ3) is 4.75. The smallest absolute Gasteiger partial charge is 0.0880 e. The first-order chi connectivity index (χ1) is 12.0. The van der Waals surface area contributed by atoms with Crippen LogP contribution in [0.15, 0.2) is 42.5 Å². The van der Waals surface area contributed by atoms with Crippen LogP contribution in [0.1, 0.15) is 18.9 Å². The van der Waals surface area contributed by atoms with Crippen LogP contribution in [0, 0.1) is 0 Å². The second kappa shape index (κ2) is 8.07. The topological polar surface area (TPSA) is 32.7 Å². The van der Waals surface area contributed by atoms with Crippen molar-refractivity contribution in [2.45, 2.75) is 18.9 Å². The second-order valence-corrected chi connectivity index (χ2v) is 7.52. The van der Waals surface area contributed by atoms with Gasteiger partial charge in [-0.05, 0) is 36.6 Å². The number of benzene rings is 2. The Morgan fingerprint density at radius 3 is 2.40 bits per heavy atom. The van der Waals surface area contributed by atoms with Crippen LogP contribution in [0.4, 0.5) is 0 Å². The molecule has 0 aromatic heterocycles. The van der Waals surface area contributed by atoms with Crippen molar-refractivity contribution < 1.29 is 9.84 Å². The maximum atomic E-state index is 10.9. The molecule has 1 fully saturated rings. The van der Waals surface area contributed by atoms with E-state index in [1.54, 1.807) is 6.07 Å². The quantitative estimate of drug-likeness (QED) is 0.824. The van der Waals surface area contributed by atoms with Crippen LogP contribution in [-0.4, -0.2) is 42.9 Å². The average molecular weight is 380 g/mol. The summed E-state index contributed by atoms with van der Waals surface area (Å²) in [6.07, 6.45) is 0.689. The molecule has 0 saturated carbocycles. The van der Waals surface area contributed by atoms with Crippen molar-refractivity contribution in [3.8, 4) is 11.1 Å². The summed E-state index contributed by atoms with van der Waals surface area (Å²) in [4.78, 5) is 2.33. The maximum absolute atomic E-state index is 10.9. The Morgan fingerprint density at radius 2 is 1.76 bits per heavy atom. The number of nitrogens with zero attached hydrogens (tertiary/aromatic N) is 1. The van der Waals surface area contributed by atoms with Gasteiger partial charge in [-0.3, -0.25) is 4.90 Å². The van der Waals surface area contributed by atoms with Gasteiger partial charge in [-0.2, -0.15) is 0 Å². The molecule has 0 radical (unpaired) electrons. The minimum atomic E-state index is -0.860. The van der Waals surface area contributed by atoms with Crippen LogP contribution in [0.2, 0.25) is 10.0 Å². The normalized spacial score (nSPS) is 18.1. The van der Waals surface area contributed by atoms with E-state index in [2.05, 4.69) is 4.90 Å². The molecule has 1 heterocycles. The number of rotatable bonds is 5. The van der Waals surface area contributed by atoms with Crippen LogP contribution in [0.3, 0.4) is 0 Å². The number of hydrogen-bond acceptors (Lipinski definition) is 3. The zero-order valence-corrected chi connectivity index (χ0v) is 15.9. The van der Waals surface area contributed by atoms with Crippen LogP contribution < -0.4 is 0 Å². The molecule has 1 aliphatic heterocycles. The average Bonchev–Trinajstić information content (AvgIpc) is 2.61. The van der Waals surface area contributed by atoms with Gasteiger partial charge >= 0.3 is 0 Å². The van der Waals surface area contributed by atoms with E-state index in [4.69, 9.17) is 27.9 Å². The Balaban J connectivity index is 1.69. The molecule has 0 amide bonds. The van der Waals surface area contributed by atoms with Gasteiger partial charge in [0.2, 0.25) is 0 Å². The number of ether oxygens (including phenoxy) is 1. The van der Waals surface area contributed by atoms with Crippen molar-refractivity contribution in [2.75, 3.05) is 32.8 Å². The van der Waals surface area contributed by atoms with Gasteiger partial charge in [-0.15, -0.1) is 0 Å². The summed E-state index contributed by atoms with van der Waals surface area (Å²) in [5.41, 5.74) is 2.00. The summed E-state index contributed by atoms with van der Waals surface area (Å²) in [5.74, 6) is 0. The van der Waals surface area contributed by atoms with E-state index in [0.29, 0.717) is 16.5 Å². The molecule has 0 aliphatic carbocycles. The predicted octanol–water partition coefficient (Wildman–Crippen LogP) is 4.59. The van der Waals surface area contributed by atoms with Crippen LogP contribution in [-0.2, 0) is 10.3 Å². The van der Waals surface area contributed by atoms with Crippen molar-refractivity contribution in [3.05, 3.63) is 58.1 Å². The largest absolute Gasteiger partial charge is 0.385 e. The fraction of sp³-hybridized carbons (Fsp3) is 0.400. The summed E-state index contributed by atoms with van der Waals surface area (Å²) < 4.78 is 5.37. The number of morpholine rings is 1. The predicted molar refractivity (Wildman–Crippen MR) is 103 cm³/mol. The first-order valence-corrected chi connectivity index (χ1v) is 9.30. The molecule has 25 heavy (non-hydrogen) atoms. The molecule has 5 heteroatoms. The third-order valence-corrected chi connectivity index (χ3v) is 5.32. The molecule has 2 aromatic carbocycles. The van der Waals surface area contributed by atoms with Crippen molar-refractivity contribution in [1.29, 1.82) is 0 Å². The molecular weight excluding hydrogens is 357 g/mol. The number of halogens is 2. The molecule has 0 bridgehead atoms. The highest BCUT2D eigenvalue weighted by atomic mass is 35.5. The Bertz CT molecular complexity index is 710. The van der Waals surface area contributed by atoms with E-state index in [1.807, 2.05) is 43.3 Å². The molecule has 0 spiro atoms. The lowest BCUT2D eigenvalue weighted by Crippen LogP contribution is -2.39. The standard InChI is InChI=1S/C20H23Cl2NO2/c1-20(24,8-9-23-10-12-25-13-11-23)16-4-2-15(3-5-16)18-7-6-17(21)14-19(18)22/h2-7,14,24H,8-13H2,1H3. The molecule has 3 rings (SSSR count). The minimum Gasteiger partial charge on any atom is -0.385 e. The van der Waals surface area contributed by atoms with Crippen molar-refractivity contribution in [2.24, 2.45) is 0 Å². The Morgan fingerprint density at radius 1 is 1.08 bits per heavy atom. The SMILES string of the molecule is CC(O)(CCN1CCOCC1)c1ccc(-c2ccc(Cl)cc2Cl)cc1. The molecule has 134 valence electrons. The van der Waals surface area contributed by atoms with Crippen molar-refractivity contribution in [3.63, 3.8) is 0 Å². The third-order valence-electron chi connectivity index (χ3n) is 4.77. The first-order valence-electron chi connectivity index (χ1n) is 8.54. The summed E-state index contributed by atoms with van der Waals surface area (Å²) in [6, 6.07) is 13.4. The van der Waals surface area contributed by atoms with E-state index in [9.17, 15) is 5.11 Å². The molecule has 1 atom stereocenters. The van der Waals surface area contributed by atoms with Gasteiger partial charge in [-0.1, -0.05) is 53.5 Å². The fourth-order valence-corrected chi connectivity index (χ4v) is 3.59. The summed E-state index contributed by atoms with van der Waals surface area (Å²) >= 11 is 12.2. The minimum absolute atomic E-state index is 0.622. The van der Waals surface area contributed by atoms with Crippen LogP contribution in [0.25, 0.3) is 11.1 Å². The first kappa shape index (κ1) is 18.7. The zero-order valence-electron chi connectivity index (χ0n) is 14.3. The lowest BCUT2D eigenvalue weighted by Gasteiger charge is -2.31. The highest BCUT2D eigenvalue weighted by molar-refractivity contribution is 6.36. The highest BCUT2D eigenvalue weighted by Crippen LogP contribution is 2.32. The molecule has 3 nitrogen and oxygen atoms in total. The van der Waals surface area contributed by atoms with E-state index in [-0.39, 0.29) is 0 Å². The number of hydrogen-bond donors (Lipinski definition) is 1. The molecule has 1 aliphatic rings. The maximum Gasteiger partial charge on any atom is 0.0880 e. The molecule has 2 aromatic rings. The monoisotopic (exact) mass is 379 g/mol. The summed E-state index contributed by atoms with van der Waals surface area (Å²) in [5, 5.41) is 12.1. The second-order valence-electron chi connectivity index (χ2n) is 6.68. The van der Waals surface area contributed by atoms with E-state index in [0.717, 1.165) is 49.5 Å². The van der Waals surface area contributed by atoms with Gasteiger partial charge in [0.25, 0.3) is 0 Å². The summed E-state index contributed by atoms with van der Waals surface area (Å²) in [7, 11) is 0. The van der Waals surface area contributed by atoms with E-state index in [1.165, 1.54) is 0 Å². The van der Waals surface area contributed by atoms with E-state index >= 15 is 0 Å². The lowest BCUT2D eigenvalue weighted by molar-refractivity contribution is 0.00549. The van der Waals surface area contributed by atoms with Crippen molar-refractivity contribution in [1.82, 2.24) is 4.90 Å². The highest BCUT2D eigenvalue weighted by Gasteiger charge is 2.24. The van der Waals surface area contributed by atoms with Crippen LogP contribution >= 0.6 is 23.2 Å².